The fraction of sp³-hybridized carbons (Fsp3) is 0.0204. The highest BCUT2D eigenvalue weighted by atomic mass is 32.2. The molecule has 0 radical (unpaired) electrons. The van der Waals surface area contributed by atoms with Crippen molar-refractivity contribution in [1.29, 1.82) is 10.5 Å². The van der Waals surface area contributed by atoms with Crippen LogP contribution in [0.2, 0.25) is 0 Å². The van der Waals surface area contributed by atoms with Gasteiger partial charge in [0.2, 0.25) is 17.8 Å². The zero-order valence-electron chi connectivity index (χ0n) is 44.0. The van der Waals surface area contributed by atoms with Crippen molar-refractivity contribution in [2.45, 2.75) is 36.3 Å². The van der Waals surface area contributed by atoms with E-state index in [4.69, 9.17) is 5.73 Å². The van der Waals surface area contributed by atoms with E-state index >= 15 is 0 Å². The third kappa shape index (κ3) is 14.6. The van der Waals surface area contributed by atoms with Crippen LogP contribution in [0.3, 0.4) is 0 Å². The lowest BCUT2D eigenvalue weighted by atomic mass is 10.0. The molecule has 0 unspecified atom stereocenters. The lowest BCUT2D eigenvalue weighted by molar-refractivity contribution is 0.478. The average Bonchev–Trinajstić information content (AvgIpc) is 2.09. The molecule has 89 heavy (non-hydrogen) atoms. The molecule has 0 aliphatic carbocycles. The van der Waals surface area contributed by atoms with Gasteiger partial charge in [-0.05, 0) is 121 Å². The molecule has 0 atom stereocenters. The maximum atomic E-state index is 12.5. The van der Waals surface area contributed by atoms with Gasteiger partial charge < -0.3 is 27.0 Å². The molecule has 0 fully saturated rings. The zero-order valence-corrected chi connectivity index (χ0v) is 49.8. The largest absolute Gasteiger partial charge is 0.368 e. The van der Waals surface area contributed by atoms with Gasteiger partial charge in [-0.2, -0.15) is 76.0 Å². The molecular formula is C49H35N15O18S7. The normalized spacial score (nSPS) is 12.5. The summed E-state index contributed by atoms with van der Waals surface area (Å²) in [4.78, 5) is 12.3. The summed E-state index contributed by atoms with van der Waals surface area (Å²) in [7, 11) is -29.3. The van der Waals surface area contributed by atoms with E-state index in [9.17, 15) is 88.3 Å². The molecule has 3 heterocycles. The van der Waals surface area contributed by atoms with Gasteiger partial charge in [0.15, 0.2) is 16.6 Å². The Labute approximate surface area is 506 Å². The minimum atomic E-state index is -5.16. The zero-order chi connectivity index (χ0) is 64.8. The lowest BCUT2D eigenvalue weighted by Gasteiger charge is -2.16. The van der Waals surface area contributed by atoms with E-state index < -0.39 is 108 Å². The van der Waals surface area contributed by atoms with Crippen LogP contribution in [0.4, 0.5) is 73.6 Å². The summed E-state index contributed by atoms with van der Waals surface area (Å²) in [6.45, 7) is 1.45. The third-order valence-corrected chi connectivity index (χ3v) is 18.3. The van der Waals surface area contributed by atoms with Crippen LogP contribution in [0.15, 0.2) is 171 Å². The number of thiophene rings is 1. The van der Waals surface area contributed by atoms with Crippen LogP contribution in [-0.2, 0) is 60.7 Å². The van der Waals surface area contributed by atoms with E-state index in [0.717, 1.165) is 36.4 Å². The SMILES string of the molecule is Cc1c(C#N)c(Nc2ccc(S(=O)(=O)O)cc2)nc(Nc2ccc(S(=O)(=O)O)cc2)c1N=Nc1sc(N=Nc2ccc3cc(S(=O)(=O)O)cc(S(=O)(=O)O)c3c2)c(-c2ccc(Nc3nc(N)nc(Nc4cc(S(=O)(=O)O)ccc4S(=O)(=O)O)n3)cc2)c1C#N. The number of nitriles is 2. The predicted octanol–water partition coefficient (Wildman–Crippen LogP) is 9.07. The van der Waals surface area contributed by atoms with Crippen molar-refractivity contribution < 1.29 is 77.8 Å². The molecule has 0 spiro atoms. The van der Waals surface area contributed by atoms with E-state index in [1.165, 1.54) is 67.6 Å². The van der Waals surface area contributed by atoms with Gasteiger partial charge in [-0.25, -0.2) is 4.98 Å². The summed E-state index contributed by atoms with van der Waals surface area (Å²) in [5.74, 6) is -1.56. The smallest absolute Gasteiger partial charge is 0.296 e. The number of nitrogens with two attached hydrogens (primary N) is 1. The first-order valence-corrected chi connectivity index (χ1v) is 33.3. The summed E-state index contributed by atoms with van der Waals surface area (Å²) in [5, 5.41) is 49.4. The van der Waals surface area contributed by atoms with Crippen molar-refractivity contribution in [3.63, 3.8) is 0 Å². The van der Waals surface area contributed by atoms with Crippen LogP contribution in [0.5, 0.6) is 0 Å². The van der Waals surface area contributed by atoms with Crippen LogP contribution in [0.25, 0.3) is 21.9 Å². The number of rotatable bonds is 19. The van der Waals surface area contributed by atoms with Crippen LogP contribution >= 0.6 is 11.3 Å². The van der Waals surface area contributed by atoms with E-state index in [1.54, 1.807) is 0 Å². The molecule has 0 aliphatic heterocycles. The van der Waals surface area contributed by atoms with Crippen molar-refractivity contribution in [3.05, 3.63) is 138 Å². The Hall–Kier alpha value is -9.92. The number of benzene rings is 6. The first-order valence-electron chi connectivity index (χ1n) is 23.9. The van der Waals surface area contributed by atoms with Gasteiger partial charge in [-0.3, -0.25) is 27.3 Å². The third-order valence-electron chi connectivity index (χ3n) is 12.1. The highest BCUT2D eigenvalue weighted by Gasteiger charge is 2.26. The molecule has 12 N–H and O–H groups in total. The number of aromatic nitrogens is 4. The fourth-order valence-electron chi connectivity index (χ4n) is 8.12. The van der Waals surface area contributed by atoms with Crippen LogP contribution in [-0.4, -0.2) is 97.8 Å². The highest BCUT2D eigenvalue weighted by molar-refractivity contribution is 7.87. The Balaban J connectivity index is 1.15. The van der Waals surface area contributed by atoms with E-state index in [1.807, 2.05) is 6.07 Å². The van der Waals surface area contributed by atoms with Crippen LogP contribution in [0, 0.1) is 29.6 Å². The molecule has 33 nitrogen and oxygen atoms in total. The highest BCUT2D eigenvalue weighted by Crippen LogP contribution is 2.49. The second kappa shape index (κ2) is 24.0. The fourth-order valence-corrected chi connectivity index (χ4v) is 12.5. The monoisotopic (exact) mass is 1350 g/mol. The van der Waals surface area contributed by atoms with Crippen molar-refractivity contribution in [1.82, 2.24) is 19.9 Å². The minimum Gasteiger partial charge on any atom is -0.368 e. The second-order valence-corrected chi connectivity index (χ2v) is 27.5. The van der Waals surface area contributed by atoms with Crippen LogP contribution in [0.1, 0.15) is 16.7 Å². The van der Waals surface area contributed by atoms with Crippen molar-refractivity contribution in [3.8, 4) is 23.3 Å². The molecule has 0 saturated heterocycles. The average molecular weight is 1350 g/mol. The molecule has 3 aromatic heterocycles. The maximum absolute atomic E-state index is 12.5. The van der Waals surface area contributed by atoms with Crippen molar-refractivity contribution in [2.24, 2.45) is 20.5 Å². The van der Waals surface area contributed by atoms with Gasteiger partial charge in [0.25, 0.3) is 60.7 Å². The summed E-state index contributed by atoms with van der Waals surface area (Å²) in [5.41, 5.74) is 5.57. The number of nitrogens with one attached hydrogen (secondary N) is 4. The van der Waals surface area contributed by atoms with Gasteiger partial charge in [0, 0.05) is 33.6 Å². The van der Waals surface area contributed by atoms with Gasteiger partial charge >= 0.3 is 0 Å². The molecule has 9 rings (SSSR count). The lowest BCUT2D eigenvalue weighted by Crippen LogP contribution is -2.10. The predicted molar refractivity (Wildman–Crippen MR) is 316 cm³/mol. The van der Waals surface area contributed by atoms with E-state index in [0.29, 0.717) is 35.6 Å². The maximum Gasteiger partial charge on any atom is 0.296 e. The first-order chi connectivity index (χ1) is 41.6. The van der Waals surface area contributed by atoms with Gasteiger partial charge in [-0.15, -0.1) is 20.5 Å². The minimum absolute atomic E-state index is 0.0287. The molecule has 0 amide bonds. The van der Waals surface area contributed by atoms with Crippen molar-refractivity contribution in [2.75, 3.05) is 27.0 Å². The molecule has 0 saturated carbocycles. The Bertz CT molecular complexity index is 5300. The number of hydrogen-bond acceptors (Lipinski definition) is 28. The standard InChI is InChI=1S/C49H35N15O18S7/c1-24-36(22-50)43(53-27-8-12-31(13-9-27)84(65,66)67)57-44(54-28-10-14-32(15-11-28)85(68,69)70)42(24)62-63-45-37(23-51)41(46(83-45)64-61-30-7-4-26-18-34(87(74,75)76)21-40(35(26)19-30)89(80,81)82)25-2-5-29(6-3-25)55-48-58-47(52)59-49(60-48)56-38-20-33(86(71,72)73)16-17-39(38)88(77,78)79/h2-21H,1H3,(H2,53,54,57)(H,65,66,67)(H,68,69,70)(H,71,72,73)(H,74,75,76)(H,77,78,79)(H,80,81,82)(H4,52,55,56,58,59,60). The Morgan fingerprint density at radius 1 is 0.472 bits per heavy atom. The van der Waals surface area contributed by atoms with Crippen molar-refractivity contribution >= 4 is 156 Å². The Kier molecular flexibility index (Phi) is 17.1. The number of azo groups is 2. The van der Waals surface area contributed by atoms with Gasteiger partial charge in [0.1, 0.15) is 38.2 Å². The Morgan fingerprint density at radius 2 is 0.978 bits per heavy atom. The number of nitrogen functional groups attached to an aromatic ring is 1. The summed E-state index contributed by atoms with van der Waals surface area (Å²) >= 11 is 0.715. The summed E-state index contributed by atoms with van der Waals surface area (Å²) in [6, 6.07) is 26.3. The number of anilines is 9. The molecule has 456 valence electrons. The number of hydrogen-bond donors (Lipinski definition) is 11. The molecule has 0 aliphatic rings. The number of pyridine rings is 1. The first kappa shape index (κ1) is 63.6. The molecule has 6 aromatic carbocycles. The second-order valence-electron chi connectivity index (χ2n) is 18.0. The topological polar surface area (TPSA) is 549 Å². The van der Waals surface area contributed by atoms with Crippen LogP contribution < -0.4 is 27.0 Å². The molecule has 9 aromatic rings. The van der Waals surface area contributed by atoms with Gasteiger partial charge in [0.05, 0.1) is 36.5 Å². The molecular weight excluding hydrogens is 1310 g/mol. The van der Waals surface area contributed by atoms with Gasteiger partial charge in [-0.1, -0.05) is 29.5 Å². The van der Waals surface area contributed by atoms with E-state index in [-0.39, 0.29) is 94.6 Å². The number of fused-ring (bicyclic) bond motifs is 1. The Morgan fingerprint density at radius 3 is 1.52 bits per heavy atom. The summed E-state index contributed by atoms with van der Waals surface area (Å²) < 4.78 is 203. The quantitative estimate of drug-likeness (QED) is 0.0265. The number of nitrogens with zero attached hydrogens (tertiary/aromatic N) is 10. The summed E-state index contributed by atoms with van der Waals surface area (Å²) in [6.07, 6.45) is 0. The van der Waals surface area contributed by atoms with E-state index in [2.05, 4.69) is 67.7 Å². The molecule has 0 bridgehead atoms. The molecule has 40 heteroatoms.